The Hall–Kier alpha value is -2.14. The van der Waals surface area contributed by atoms with Crippen molar-refractivity contribution in [1.82, 2.24) is 10.2 Å². The van der Waals surface area contributed by atoms with E-state index in [1.165, 1.54) is 12.8 Å². The number of halogens is 1. The number of rotatable bonds is 3. The Morgan fingerprint density at radius 1 is 1.29 bits per heavy atom. The quantitative estimate of drug-likeness (QED) is 0.916. The van der Waals surface area contributed by atoms with Crippen molar-refractivity contribution in [3.05, 3.63) is 46.6 Å². The predicted octanol–water partition coefficient (Wildman–Crippen LogP) is 3.93. The molecular weight excluding hydrogens is 324 g/mol. The number of aryl methyl sites for hydroxylation is 1. The van der Waals surface area contributed by atoms with Gasteiger partial charge in [0.25, 0.3) is 5.91 Å². The molecule has 1 aliphatic rings. The molecule has 24 heavy (non-hydrogen) atoms. The van der Waals surface area contributed by atoms with Gasteiger partial charge in [-0.15, -0.1) is 10.2 Å². The second-order valence-electron chi connectivity index (χ2n) is 6.39. The number of piperidine rings is 1. The Labute approximate surface area is 147 Å². The molecule has 1 atom stereocenters. The number of aromatic nitrogens is 2. The molecule has 1 aliphatic heterocycles. The smallest absolute Gasteiger partial charge is 0.276 e. The molecule has 0 bridgehead atoms. The van der Waals surface area contributed by atoms with E-state index in [1.54, 1.807) is 12.1 Å². The zero-order valence-electron chi connectivity index (χ0n) is 13.9. The molecule has 1 unspecified atom stereocenters. The van der Waals surface area contributed by atoms with Crippen molar-refractivity contribution in [1.29, 1.82) is 0 Å². The molecule has 1 aromatic heterocycles. The molecular formula is C18H21ClN4O. The summed E-state index contributed by atoms with van der Waals surface area (Å²) in [6.07, 6.45) is 2.42. The number of nitrogens with zero attached hydrogens (tertiary/aromatic N) is 3. The number of carbonyl (C=O) groups is 1. The molecule has 2 aromatic rings. The number of carbonyl (C=O) groups excluding carboxylic acids is 1. The van der Waals surface area contributed by atoms with E-state index in [-0.39, 0.29) is 5.91 Å². The number of amides is 1. The average molecular weight is 345 g/mol. The zero-order valence-corrected chi connectivity index (χ0v) is 14.7. The van der Waals surface area contributed by atoms with E-state index in [2.05, 4.69) is 27.3 Å². The molecule has 0 aliphatic carbocycles. The standard InChI is InChI=1S/C18H21ClN4O/c1-12-4-3-9-23(11-12)17-8-7-16(21-22-17)18(24)20-14-6-5-13(2)15(19)10-14/h5-8,10,12H,3-4,9,11H2,1-2H3,(H,20,24). The molecule has 3 rings (SSSR count). The van der Waals surface area contributed by atoms with Crippen molar-refractivity contribution in [2.24, 2.45) is 5.92 Å². The van der Waals surface area contributed by atoms with E-state index in [1.807, 2.05) is 25.1 Å². The summed E-state index contributed by atoms with van der Waals surface area (Å²) in [5.74, 6) is 1.20. The van der Waals surface area contributed by atoms with Crippen molar-refractivity contribution >= 4 is 29.0 Å². The maximum absolute atomic E-state index is 12.3. The van der Waals surface area contributed by atoms with Crippen LogP contribution in [0.15, 0.2) is 30.3 Å². The van der Waals surface area contributed by atoms with Gasteiger partial charge in [-0.25, -0.2) is 0 Å². The van der Waals surface area contributed by atoms with Crippen LogP contribution in [-0.4, -0.2) is 29.2 Å². The topological polar surface area (TPSA) is 58.1 Å². The first-order valence-corrected chi connectivity index (χ1v) is 8.57. The van der Waals surface area contributed by atoms with Crippen LogP contribution in [0.25, 0.3) is 0 Å². The fourth-order valence-electron chi connectivity index (χ4n) is 2.88. The second kappa shape index (κ2) is 7.18. The van der Waals surface area contributed by atoms with Crippen LogP contribution in [0.2, 0.25) is 5.02 Å². The van der Waals surface area contributed by atoms with Crippen molar-refractivity contribution in [2.45, 2.75) is 26.7 Å². The Bertz CT molecular complexity index is 732. The lowest BCUT2D eigenvalue weighted by atomic mass is 10.0. The molecule has 126 valence electrons. The summed E-state index contributed by atoms with van der Waals surface area (Å²) >= 11 is 6.08. The minimum absolute atomic E-state index is 0.291. The third-order valence-electron chi connectivity index (χ3n) is 4.29. The van der Waals surface area contributed by atoms with Crippen LogP contribution in [0.3, 0.4) is 0 Å². The van der Waals surface area contributed by atoms with Crippen LogP contribution in [0.5, 0.6) is 0 Å². The van der Waals surface area contributed by atoms with Gasteiger partial charge < -0.3 is 10.2 Å². The summed E-state index contributed by atoms with van der Waals surface area (Å²) in [4.78, 5) is 14.5. The maximum Gasteiger partial charge on any atom is 0.276 e. The van der Waals surface area contributed by atoms with E-state index >= 15 is 0 Å². The maximum atomic E-state index is 12.3. The van der Waals surface area contributed by atoms with Crippen molar-refractivity contribution in [2.75, 3.05) is 23.3 Å². The lowest BCUT2D eigenvalue weighted by Crippen LogP contribution is -2.35. The lowest BCUT2D eigenvalue weighted by molar-refractivity contribution is 0.102. The summed E-state index contributed by atoms with van der Waals surface area (Å²) in [6, 6.07) is 8.99. The highest BCUT2D eigenvalue weighted by molar-refractivity contribution is 6.31. The summed E-state index contributed by atoms with van der Waals surface area (Å²) < 4.78 is 0. The number of hydrogen-bond donors (Lipinski definition) is 1. The Morgan fingerprint density at radius 2 is 2.12 bits per heavy atom. The molecule has 0 spiro atoms. The van der Waals surface area contributed by atoms with Gasteiger partial charge in [0.1, 0.15) is 0 Å². The molecule has 1 N–H and O–H groups in total. The van der Waals surface area contributed by atoms with Crippen LogP contribution in [0.1, 0.15) is 35.8 Å². The molecule has 2 heterocycles. The minimum atomic E-state index is -0.291. The Kier molecular flexibility index (Phi) is 5.00. The molecule has 0 saturated carbocycles. The SMILES string of the molecule is Cc1ccc(NC(=O)c2ccc(N3CCCC(C)C3)nn2)cc1Cl. The van der Waals surface area contributed by atoms with Gasteiger partial charge >= 0.3 is 0 Å². The highest BCUT2D eigenvalue weighted by atomic mass is 35.5. The Morgan fingerprint density at radius 3 is 2.79 bits per heavy atom. The molecule has 1 fully saturated rings. The number of benzene rings is 1. The monoisotopic (exact) mass is 344 g/mol. The summed E-state index contributed by atoms with van der Waals surface area (Å²) in [5.41, 5.74) is 1.90. The molecule has 1 amide bonds. The van der Waals surface area contributed by atoms with Crippen LogP contribution >= 0.6 is 11.6 Å². The van der Waals surface area contributed by atoms with Gasteiger partial charge in [-0.3, -0.25) is 4.79 Å². The van der Waals surface area contributed by atoms with Crippen molar-refractivity contribution < 1.29 is 4.79 Å². The zero-order chi connectivity index (χ0) is 17.1. The molecule has 1 saturated heterocycles. The average Bonchev–Trinajstić information content (AvgIpc) is 2.58. The summed E-state index contributed by atoms with van der Waals surface area (Å²) in [5, 5.41) is 11.7. The molecule has 1 aromatic carbocycles. The third-order valence-corrected chi connectivity index (χ3v) is 4.70. The van der Waals surface area contributed by atoms with E-state index < -0.39 is 0 Å². The number of anilines is 2. The van der Waals surface area contributed by atoms with Gasteiger partial charge in [-0.2, -0.15) is 0 Å². The fraction of sp³-hybridized carbons (Fsp3) is 0.389. The van der Waals surface area contributed by atoms with E-state index in [9.17, 15) is 4.79 Å². The van der Waals surface area contributed by atoms with Gasteiger partial charge in [0.2, 0.25) is 0 Å². The van der Waals surface area contributed by atoms with Gasteiger partial charge in [0.15, 0.2) is 11.5 Å². The second-order valence-corrected chi connectivity index (χ2v) is 6.80. The fourth-order valence-corrected chi connectivity index (χ4v) is 3.06. The van der Waals surface area contributed by atoms with Gasteiger partial charge in [0.05, 0.1) is 0 Å². The summed E-state index contributed by atoms with van der Waals surface area (Å²) in [7, 11) is 0. The number of nitrogens with one attached hydrogen (secondary N) is 1. The molecule has 0 radical (unpaired) electrons. The van der Waals surface area contributed by atoms with Gasteiger partial charge in [-0.1, -0.05) is 24.6 Å². The van der Waals surface area contributed by atoms with E-state index in [0.717, 1.165) is 24.5 Å². The molecule has 5 nitrogen and oxygen atoms in total. The van der Waals surface area contributed by atoms with Gasteiger partial charge in [-0.05, 0) is 55.5 Å². The van der Waals surface area contributed by atoms with Crippen LogP contribution in [0.4, 0.5) is 11.5 Å². The van der Waals surface area contributed by atoms with Crippen LogP contribution < -0.4 is 10.2 Å². The molecule has 6 heteroatoms. The summed E-state index contributed by atoms with van der Waals surface area (Å²) in [6.45, 7) is 6.14. The predicted molar refractivity (Wildman–Crippen MR) is 96.8 cm³/mol. The van der Waals surface area contributed by atoms with Crippen LogP contribution in [-0.2, 0) is 0 Å². The first-order chi connectivity index (χ1) is 11.5. The Balaban J connectivity index is 1.68. The first-order valence-electron chi connectivity index (χ1n) is 8.19. The largest absolute Gasteiger partial charge is 0.355 e. The normalized spacial score (nSPS) is 17.6. The third kappa shape index (κ3) is 3.85. The highest BCUT2D eigenvalue weighted by Gasteiger charge is 2.18. The number of hydrogen-bond acceptors (Lipinski definition) is 4. The van der Waals surface area contributed by atoms with Crippen molar-refractivity contribution in [3.63, 3.8) is 0 Å². The van der Waals surface area contributed by atoms with Gasteiger partial charge in [0, 0.05) is 23.8 Å². The van der Waals surface area contributed by atoms with E-state index in [4.69, 9.17) is 11.6 Å². The van der Waals surface area contributed by atoms with E-state index in [0.29, 0.717) is 22.3 Å². The first kappa shape index (κ1) is 16.7. The minimum Gasteiger partial charge on any atom is -0.355 e. The van der Waals surface area contributed by atoms with Crippen LogP contribution in [0, 0.1) is 12.8 Å². The van der Waals surface area contributed by atoms with Crippen molar-refractivity contribution in [3.8, 4) is 0 Å². The lowest BCUT2D eigenvalue weighted by Gasteiger charge is -2.31. The highest BCUT2D eigenvalue weighted by Crippen LogP contribution is 2.22.